The van der Waals surface area contributed by atoms with E-state index in [9.17, 15) is 22.8 Å². The third kappa shape index (κ3) is 5.24. The van der Waals surface area contributed by atoms with Crippen molar-refractivity contribution in [3.8, 4) is 11.5 Å². The Morgan fingerprint density at radius 1 is 1.24 bits per heavy atom. The quantitative estimate of drug-likeness (QED) is 0.486. The molecule has 0 bridgehead atoms. The molecule has 1 aliphatic rings. The molecule has 8 nitrogen and oxygen atoms in total. The fourth-order valence-corrected chi connectivity index (χ4v) is 3.71. The Morgan fingerprint density at radius 3 is 2.79 bits per heavy atom. The Labute approximate surface area is 192 Å². The molecule has 4 rings (SSSR count). The third-order valence-electron chi connectivity index (χ3n) is 5.46. The Kier molecular flexibility index (Phi) is 6.90. The van der Waals surface area contributed by atoms with E-state index in [1.807, 2.05) is 0 Å². The van der Waals surface area contributed by atoms with Gasteiger partial charge in [0.25, 0.3) is 5.56 Å². The first kappa shape index (κ1) is 23.8. The number of nitrogens with zero attached hydrogens (tertiary/aromatic N) is 3. The van der Waals surface area contributed by atoms with Crippen LogP contribution in [0.2, 0.25) is 0 Å². The summed E-state index contributed by atoms with van der Waals surface area (Å²) in [7, 11) is 1.47. The minimum absolute atomic E-state index is 0.0492. The zero-order chi connectivity index (χ0) is 24.3. The standard InChI is InChI=1S/C23H23F3N3O5/c1-28-20-18(13-17(14-27-20)34-16-7-4-6-15(12-16)23(24,25)26)21(30)29(22(28)31)9-5-11-33-19-8-2-3-10-32-19/h4,6-7,12-13,19H,2-3,5,8-11H2,1H3/q+1. The van der Waals surface area contributed by atoms with Gasteiger partial charge in [-0.2, -0.15) is 17.7 Å². The van der Waals surface area contributed by atoms with E-state index in [0.717, 1.165) is 36.0 Å². The van der Waals surface area contributed by atoms with Crippen LogP contribution < -0.4 is 21.0 Å². The normalized spacial score (nSPS) is 16.4. The van der Waals surface area contributed by atoms with Crippen molar-refractivity contribution in [2.24, 2.45) is 7.05 Å². The molecule has 0 spiro atoms. The minimum Gasteiger partial charge on any atom is -0.444 e. The van der Waals surface area contributed by atoms with Gasteiger partial charge in [-0.05, 0) is 43.9 Å². The Morgan fingerprint density at radius 2 is 2.06 bits per heavy atom. The maximum atomic E-state index is 13.0. The molecule has 1 atom stereocenters. The molecule has 0 amide bonds. The predicted molar refractivity (Wildman–Crippen MR) is 114 cm³/mol. The molecule has 3 heterocycles. The van der Waals surface area contributed by atoms with E-state index in [1.54, 1.807) is 0 Å². The second-order valence-corrected chi connectivity index (χ2v) is 7.92. The molecular formula is C23H23F3N3O5+. The second kappa shape index (κ2) is 9.87. The van der Waals surface area contributed by atoms with Crippen LogP contribution in [-0.2, 0) is 29.2 Å². The molecular weight excluding hydrogens is 455 g/mol. The molecule has 2 aromatic heterocycles. The van der Waals surface area contributed by atoms with Crippen molar-refractivity contribution in [2.75, 3.05) is 13.2 Å². The van der Waals surface area contributed by atoms with Crippen LogP contribution in [0.4, 0.5) is 13.2 Å². The lowest BCUT2D eigenvalue weighted by Crippen LogP contribution is -2.40. The highest BCUT2D eigenvalue weighted by atomic mass is 19.4. The predicted octanol–water partition coefficient (Wildman–Crippen LogP) is 2.84. The van der Waals surface area contributed by atoms with Crippen LogP contribution in [0.25, 0.3) is 11.0 Å². The van der Waals surface area contributed by atoms with Crippen molar-refractivity contribution in [1.29, 1.82) is 0 Å². The minimum atomic E-state index is -4.52. The molecule has 0 radical (unpaired) electrons. The third-order valence-corrected chi connectivity index (χ3v) is 5.46. The first-order valence-electron chi connectivity index (χ1n) is 10.8. The summed E-state index contributed by atoms with van der Waals surface area (Å²) in [5.41, 5.74) is -1.90. The zero-order valence-corrected chi connectivity index (χ0v) is 18.4. The van der Waals surface area contributed by atoms with Crippen molar-refractivity contribution in [3.63, 3.8) is 0 Å². The molecule has 1 aromatic carbocycles. The van der Waals surface area contributed by atoms with E-state index in [0.29, 0.717) is 19.6 Å². The summed E-state index contributed by atoms with van der Waals surface area (Å²) < 4.78 is 57.8. The molecule has 0 N–H and O–H groups in total. The van der Waals surface area contributed by atoms with Gasteiger partial charge in [0.15, 0.2) is 11.7 Å². The molecule has 1 unspecified atom stereocenters. The van der Waals surface area contributed by atoms with Crippen LogP contribution in [0.15, 0.2) is 39.9 Å². The summed E-state index contributed by atoms with van der Waals surface area (Å²) in [6.45, 7) is 1.10. The van der Waals surface area contributed by atoms with Crippen molar-refractivity contribution < 1.29 is 32.4 Å². The summed E-state index contributed by atoms with van der Waals surface area (Å²) >= 11 is 0. The number of aromatic nitrogens is 3. The lowest BCUT2D eigenvalue weighted by molar-refractivity contribution is -0.265. The summed E-state index contributed by atoms with van der Waals surface area (Å²) in [4.78, 5) is 29.7. The maximum absolute atomic E-state index is 13.0. The Bertz CT molecular complexity index is 1280. The van der Waals surface area contributed by atoms with Crippen LogP contribution in [0.5, 0.6) is 11.5 Å². The van der Waals surface area contributed by atoms with Crippen LogP contribution in [-0.4, -0.2) is 28.6 Å². The first-order chi connectivity index (χ1) is 16.2. The summed E-state index contributed by atoms with van der Waals surface area (Å²) in [6, 6.07) is 5.64. The van der Waals surface area contributed by atoms with Gasteiger partial charge in [0.05, 0.1) is 19.2 Å². The molecule has 1 aliphatic heterocycles. The highest BCUT2D eigenvalue weighted by molar-refractivity contribution is 5.71. The molecule has 0 saturated carbocycles. The van der Waals surface area contributed by atoms with Crippen LogP contribution >= 0.6 is 0 Å². The van der Waals surface area contributed by atoms with E-state index in [2.05, 4.69) is 11.2 Å². The molecule has 0 aliphatic carbocycles. The van der Waals surface area contributed by atoms with Crippen LogP contribution in [0.1, 0.15) is 31.2 Å². The monoisotopic (exact) mass is 478 g/mol. The van der Waals surface area contributed by atoms with Gasteiger partial charge in [0, 0.05) is 19.2 Å². The highest BCUT2D eigenvalue weighted by Crippen LogP contribution is 2.32. The van der Waals surface area contributed by atoms with E-state index >= 15 is 0 Å². The fourth-order valence-electron chi connectivity index (χ4n) is 3.71. The van der Waals surface area contributed by atoms with Gasteiger partial charge >= 0.3 is 17.5 Å². The van der Waals surface area contributed by atoms with Gasteiger partial charge in [-0.3, -0.25) is 4.79 Å². The number of ether oxygens (including phenoxy) is 3. The lowest BCUT2D eigenvalue weighted by Gasteiger charge is -2.22. The number of rotatable bonds is 7. The zero-order valence-electron chi connectivity index (χ0n) is 18.4. The highest BCUT2D eigenvalue weighted by Gasteiger charge is 2.30. The van der Waals surface area contributed by atoms with Crippen molar-refractivity contribution in [3.05, 3.63) is 62.9 Å². The number of fused-ring (bicyclic) bond motifs is 1. The topological polar surface area (TPSA) is 85.8 Å². The van der Waals surface area contributed by atoms with Crippen LogP contribution in [0.3, 0.4) is 0 Å². The van der Waals surface area contributed by atoms with Gasteiger partial charge in [-0.15, -0.1) is 4.98 Å². The molecule has 180 valence electrons. The lowest BCUT2D eigenvalue weighted by atomic mass is 10.2. The van der Waals surface area contributed by atoms with Crippen molar-refractivity contribution in [2.45, 2.75) is 44.7 Å². The Hall–Kier alpha value is -3.36. The van der Waals surface area contributed by atoms with Gasteiger partial charge in [0.2, 0.25) is 11.9 Å². The first-order valence-corrected chi connectivity index (χ1v) is 10.8. The molecule has 3 aromatic rings. The molecule has 1 saturated heterocycles. The number of hydrogen-bond donors (Lipinski definition) is 0. The average Bonchev–Trinajstić information content (AvgIpc) is 2.82. The van der Waals surface area contributed by atoms with Crippen molar-refractivity contribution >= 4 is 11.0 Å². The van der Waals surface area contributed by atoms with E-state index < -0.39 is 23.0 Å². The number of alkyl halides is 3. The summed E-state index contributed by atoms with van der Waals surface area (Å²) in [5, 5.41) is 0.0827. The van der Waals surface area contributed by atoms with Crippen LogP contribution in [0, 0.1) is 6.20 Å². The smallest absolute Gasteiger partial charge is 0.419 e. The number of aryl methyl sites for hydroxylation is 1. The SMILES string of the molecule is Cn1c(=O)n(CCCOC2CCCCO2)c(=O)c2cc(Oc3cccc(C(F)(F)F)c3)c#[n+]c21. The molecule has 11 heteroatoms. The van der Waals surface area contributed by atoms with E-state index in [-0.39, 0.29) is 35.4 Å². The fraction of sp³-hybridized carbons (Fsp3) is 0.435. The van der Waals surface area contributed by atoms with E-state index in [1.165, 1.54) is 29.8 Å². The maximum Gasteiger partial charge on any atom is 0.419 e. The second-order valence-electron chi connectivity index (χ2n) is 7.92. The van der Waals surface area contributed by atoms with Gasteiger partial charge < -0.3 is 14.2 Å². The largest absolute Gasteiger partial charge is 0.444 e. The van der Waals surface area contributed by atoms with E-state index in [4.69, 9.17) is 14.2 Å². The molecule has 34 heavy (non-hydrogen) atoms. The molecule has 1 fully saturated rings. The summed E-state index contributed by atoms with van der Waals surface area (Å²) in [5.74, 6) is -0.133. The van der Waals surface area contributed by atoms with Crippen molar-refractivity contribution in [1.82, 2.24) is 9.13 Å². The number of hydrogen-bond acceptors (Lipinski definition) is 5. The van der Waals surface area contributed by atoms with Gasteiger partial charge in [-0.1, -0.05) is 6.07 Å². The number of halogens is 3. The number of benzene rings is 1. The Balaban J connectivity index is 1.54. The summed E-state index contributed by atoms with van der Waals surface area (Å²) in [6.07, 6.45) is 1.01. The average molecular weight is 478 g/mol. The van der Waals surface area contributed by atoms with Gasteiger partial charge in [0.1, 0.15) is 5.75 Å². The van der Waals surface area contributed by atoms with Gasteiger partial charge in [-0.25, -0.2) is 9.36 Å².